The van der Waals surface area contributed by atoms with Gasteiger partial charge in [-0.15, -0.1) is 0 Å². The van der Waals surface area contributed by atoms with Crippen molar-refractivity contribution in [3.63, 3.8) is 0 Å². The number of aromatic nitrogens is 4. The quantitative estimate of drug-likeness (QED) is 0.704. The number of imidazole rings is 1. The van der Waals surface area contributed by atoms with Crippen molar-refractivity contribution in [2.24, 2.45) is 14.1 Å². The number of benzene rings is 1. The molecule has 7 heteroatoms. The van der Waals surface area contributed by atoms with Gasteiger partial charge in [-0.1, -0.05) is 36.8 Å². The standard InChI is InChI=1S/C20H25N5O2/c1-22-18-17(19(26)23(2)20(22)27)25(14-21-18)13-12-24-11-7-6-10-16(24)15-8-4-3-5-9-15/h3-5,8-9,14,16H,6-7,10-13H2,1-2H3. The molecule has 7 nitrogen and oxygen atoms in total. The molecule has 2 aromatic heterocycles. The van der Waals surface area contributed by atoms with Gasteiger partial charge in [-0.2, -0.15) is 0 Å². The molecule has 1 saturated heterocycles. The summed E-state index contributed by atoms with van der Waals surface area (Å²) >= 11 is 0. The number of likely N-dealkylation sites (tertiary alicyclic amines) is 1. The fourth-order valence-corrected chi connectivity index (χ4v) is 4.11. The Kier molecular flexibility index (Phi) is 4.70. The van der Waals surface area contributed by atoms with E-state index in [1.807, 2.05) is 10.6 Å². The van der Waals surface area contributed by atoms with E-state index >= 15 is 0 Å². The van der Waals surface area contributed by atoms with Crippen LogP contribution in [0.2, 0.25) is 0 Å². The van der Waals surface area contributed by atoms with Crippen molar-refractivity contribution in [3.05, 3.63) is 63.1 Å². The van der Waals surface area contributed by atoms with Crippen LogP contribution in [0.3, 0.4) is 0 Å². The van der Waals surface area contributed by atoms with Gasteiger partial charge in [0.05, 0.1) is 6.33 Å². The molecular weight excluding hydrogens is 342 g/mol. The molecule has 142 valence electrons. The first kappa shape index (κ1) is 17.7. The van der Waals surface area contributed by atoms with Gasteiger partial charge in [0.1, 0.15) is 0 Å². The van der Waals surface area contributed by atoms with Gasteiger partial charge < -0.3 is 4.57 Å². The van der Waals surface area contributed by atoms with Crippen molar-refractivity contribution in [2.45, 2.75) is 31.8 Å². The average molecular weight is 367 g/mol. The Morgan fingerprint density at radius 1 is 1.04 bits per heavy atom. The Balaban J connectivity index is 1.61. The van der Waals surface area contributed by atoms with Crippen LogP contribution in [-0.4, -0.2) is 36.7 Å². The zero-order chi connectivity index (χ0) is 19.0. The molecule has 1 aliphatic heterocycles. The van der Waals surface area contributed by atoms with Gasteiger partial charge in [0, 0.05) is 33.2 Å². The second-order valence-corrected chi connectivity index (χ2v) is 7.27. The first-order valence-electron chi connectivity index (χ1n) is 9.48. The van der Waals surface area contributed by atoms with Crippen LogP contribution >= 0.6 is 0 Å². The number of fused-ring (bicyclic) bond motifs is 1. The molecule has 0 saturated carbocycles. The van der Waals surface area contributed by atoms with Gasteiger partial charge in [-0.25, -0.2) is 9.78 Å². The highest BCUT2D eigenvalue weighted by Gasteiger charge is 2.24. The van der Waals surface area contributed by atoms with E-state index in [0.717, 1.165) is 24.1 Å². The maximum atomic E-state index is 12.6. The lowest BCUT2D eigenvalue weighted by Crippen LogP contribution is -2.38. The summed E-state index contributed by atoms with van der Waals surface area (Å²) in [4.78, 5) is 31.5. The number of hydrogen-bond donors (Lipinski definition) is 0. The molecule has 1 atom stereocenters. The summed E-state index contributed by atoms with van der Waals surface area (Å²) in [6.45, 7) is 2.58. The van der Waals surface area contributed by atoms with E-state index in [1.54, 1.807) is 13.4 Å². The van der Waals surface area contributed by atoms with Crippen LogP contribution in [0.4, 0.5) is 0 Å². The number of hydrogen-bond acceptors (Lipinski definition) is 4. The van der Waals surface area contributed by atoms with Crippen molar-refractivity contribution < 1.29 is 0 Å². The van der Waals surface area contributed by atoms with E-state index in [9.17, 15) is 9.59 Å². The molecule has 4 rings (SSSR count). The number of aryl methyl sites for hydroxylation is 1. The predicted octanol–water partition coefficient (Wildman–Crippen LogP) is 1.66. The van der Waals surface area contributed by atoms with Crippen molar-refractivity contribution in [2.75, 3.05) is 13.1 Å². The summed E-state index contributed by atoms with van der Waals surface area (Å²) in [6, 6.07) is 11.0. The minimum absolute atomic E-state index is 0.288. The molecule has 0 spiro atoms. The fourth-order valence-electron chi connectivity index (χ4n) is 4.11. The lowest BCUT2D eigenvalue weighted by atomic mass is 9.95. The highest BCUT2D eigenvalue weighted by molar-refractivity contribution is 5.69. The van der Waals surface area contributed by atoms with Crippen LogP contribution in [-0.2, 0) is 20.6 Å². The maximum absolute atomic E-state index is 12.6. The molecule has 0 amide bonds. The lowest BCUT2D eigenvalue weighted by molar-refractivity contribution is 0.144. The molecule has 3 heterocycles. The van der Waals surface area contributed by atoms with E-state index in [2.05, 4.69) is 34.1 Å². The second kappa shape index (κ2) is 7.15. The van der Waals surface area contributed by atoms with E-state index in [4.69, 9.17) is 0 Å². The van der Waals surface area contributed by atoms with E-state index < -0.39 is 0 Å². The van der Waals surface area contributed by atoms with Gasteiger partial charge in [-0.3, -0.25) is 18.8 Å². The Bertz CT molecular complexity index is 1060. The molecular formula is C20H25N5O2. The molecule has 0 bridgehead atoms. The zero-order valence-corrected chi connectivity index (χ0v) is 15.8. The van der Waals surface area contributed by atoms with Gasteiger partial charge in [0.2, 0.25) is 0 Å². The van der Waals surface area contributed by atoms with Gasteiger partial charge in [-0.05, 0) is 24.9 Å². The Hall–Kier alpha value is -2.67. The van der Waals surface area contributed by atoms with Crippen molar-refractivity contribution >= 4 is 11.2 Å². The van der Waals surface area contributed by atoms with Gasteiger partial charge >= 0.3 is 5.69 Å². The summed E-state index contributed by atoms with van der Waals surface area (Å²) < 4.78 is 4.46. The summed E-state index contributed by atoms with van der Waals surface area (Å²) in [6.07, 6.45) is 5.27. The molecule has 1 unspecified atom stereocenters. The summed E-state index contributed by atoms with van der Waals surface area (Å²) in [5, 5.41) is 0. The topological polar surface area (TPSA) is 65.1 Å². The monoisotopic (exact) mass is 367 g/mol. The third-order valence-electron chi connectivity index (χ3n) is 5.64. The maximum Gasteiger partial charge on any atom is 0.332 e. The van der Waals surface area contributed by atoms with Crippen LogP contribution < -0.4 is 11.2 Å². The zero-order valence-electron chi connectivity index (χ0n) is 15.8. The van der Waals surface area contributed by atoms with Gasteiger partial charge in [0.25, 0.3) is 5.56 Å². The summed E-state index contributed by atoms with van der Waals surface area (Å²) in [5.74, 6) is 0. The molecule has 1 aromatic carbocycles. The number of rotatable bonds is 4. The van der Waals surface area contributed by atoms with Crippen LogP contribution in [0.25, 0.3) is 11.2 Å². The third-order valence-corrected chi connectivity index (χ3v) is 5.64. The highest BCUT2D eigenvalue weighted by Crippen LogP contribution is 2.30. The van der Waals surface area contributed by atoms with Crippen LogP contribution in [0.5, 0.6) is 0 Å². The minimum atomic E-state index is -0.349. The largest absolute Gasteiger partial charge is 0.332 e. The molecule has 0 aliphatic carbocycles. The highest BCUT2D eigenvalue weighted by atomic mass is 16.2. The smallest absolute Gasteiger partial charge is 0.323 e. The molecule has 3 aromatic rings. The fraction of sp³-hybridized carbons (Fsp3) is 0.450. The average Bonchev–Trinajstić information content (AvgIpc) is 3.14. The lowest BCUT2D eigenvalue weighted by Gasteiger charge is -2.36. The molecule has 1 aliphatic rings. The normalized spacial score (nSPS) is 18.2. The Labute approximate surface area is 157 Å². The van der Waals surface area contributed by atoms with Gasteiger partial charge in [0.15, 0.2) is 11.2 Å². The van der Waals surface area contributed by atoms with Crippen LogP contribution in [0.1, 0.15) is 30.9 Å². The minimum Gasteiger partial charge on any atom is -0.323 e. The summed E-state index contributed by atoms with van der Waals surface area (Å²) in [7, 11) is 3.16. The molecule has 1 fully saturated rings. The number of piperidine rings is 1. The third kappa shape index (κ3) is 3.12. The van der Waals surface area contributed by atoms with E-state index in [-0.39, 0.29) is 11.2 Å². The first-order valence-corrected chi connectivity index (χ1v) is 9.48. The van der Waals surface area contributed by atoms with Crippen LogP contribution in [0, 0.1) is 0 Å². The van der Waals surface area contributed by atoms with Crippen molar-refractivity contribution in [1.82, 2.24) is 23.6 Å². The van der Waals surface area contributed by atoms with Crippen LogP contribution in [0.15, 0.2) is 46.2 Å². The molecule has 0 radical (unpaired) electrons. The number of nitrogens with zero attached hydrogens (tertiary/aromatic N) is 5. The Morgan fingerprint density at radius 2 is 1.81 bits per heavy atom. The van der Waals surface area contributed by atoms with E-state index in [0.29, 0.717) is 23.8 Å². The SMILES string of the molecule is Cn1c(=O)c2c(ncn2CCN2CCCCC2c2ccccc2)n(C)c1=O. The van der Waals surface area contributed by atoms with E-state index in [1.165, 1.54) is 30.0 Å². The van der Waals surface area contributed by atoms with Crippen molar-refractivity contribution in [3.8, 4) is 0 Å². The predicted molar refractivity (Wildman–Crippen MR) is 105 cm³/mol. The van der Waals surface area contributed by atoms with Crippen molar-refractivity contribution in [1.29, 1.82) is 0 Å². The molecule has 0 N–H and O–H groups in total. The summed E-state index contributed by atoms with van der Waals surface area (Å²) in [5.41, 5.74) is 1.65. The molecule has 27 heavy (non-hydrogen) atoms. The first-order chi connectivity index (χ1) is 13.1. The second-order valence-electron chi connectivity index (χ2n) is 7.27. The Morgan fingerprint density at radius 3 is 2.59 bits per heavy atom.